The Morgan fingerprint density at radius 3 is 2.53 bits per heavy atom. The minimum absolute atomic E-state index is 0.228. The molecular weight excluding hydrogens is 426 g/mol. The van der Waals surface area contributed by atoms with Crippen molar-refractivity contribution in [2.75, 3.05) is 31.6 Å². The fourth-order valence-electron chi connectivity index (χ4n) is 4.85. The van der Waals surface area contributed by atoms with Crippen molar-refractivity contribution in [2.24, 2.45) is 5.92 Å². The molecule has 3 heterocycles. The van der Waals surface area contributed by atoms with Crippen molar-refractivity contribution in [3.8, 4) is 11.5 Å². The minimum atomic E-state index is -0.228. The molecule has 1 aliphatic carbocycles. The molecule has 2 aliphatic heterocycles. The second-order valence-corrected chi connectivity index (χ2v) is 9.71. The molecule has 1 saturated carbocycles. The van der Waals surface area contributed by atoms with Crippen molar-refractivity contribution < 1.29 is 19.1 Å². The highest BCUT2D eigenvalue weighted by molar-refractivity contribution is 7.10. The molecule has 1 saturated heterocycles. The van der Waals surface area contributed by atoms with E-state index in [1.54, 1.807) is 18.2 Å². The van der Waals surface area contributed by atoms with Crippen molar-refractivity contribution in [3.63, 3.8) is 0 Å². The van der Waals surface area contributed by atoms with Crippen LogP contribution in [0, 0.1) is 5.92 Å². The molecule has 0 spiro atoms. The molecule has 32 heavy (non-hydrogen) atoms. The predicted octanol–water partition coefficient (Wildman–Crippen LogP) is 4.45. The van der Waals surface area contributed by atoms with E-state index in [0.29, 0.717) is 47.9 Å². The molecule has 8 heteroatoms. The third-order valence-corrected chi connectivity index (χ3v) is 7.67. The molecule has 2 aromatic rings. The summed E-state index contributed by atoms with van der Waals surface area (Å²) in [5.41, 5.74) is 1.09. The van der Waals surface area contributed by atoms with Crippen LogP contribution in [0.1, 0.15) is 66.4 Å². The van der Waals surface area contributed by atoms with Gasteiger partial charge in [-0.05, 0) is 37.8 Å². The molecular formula is C24H29N3O4S. The number of amides is 2. The maximum Gasteiger partial charge on any atom is 0.275 e. The minimum Gasteiger partial charge on any atom is -0.486 e. The van der Waals surface area contributed by atoms with Crippen LogP contribution in [-0.2, 0) is 4.79 Å². The van der Waals surface area contributed by atoms with Crippen LogP contribution in [0.25, 0.3) is 0 Å². The number of benzene rings is 1. The number of hydrogen-bond acceptors (Lipinski definition) is 6. The first-order valence-corrected chi connectivity index (χ1v) is 12.5. The molecule has 7 nitrogen and oxygen atoms in total. The lowest BCUT2D eigenvalue weighted by Gasteiger charge is -2.34. The van der Waals surface area contributed by atoms with Gasteiger partial charge in [0.05, 0.1) is 5.01 Å². The maximum atomic E-state index is 12.8. The van der Waals surface area contributed by atoms with Crippen molar-refractivity contribution in [1.29, 1.82) is 0 Å². The fraction of sp³-hybridized carbons (Fsp3) is 0.542. The van der Waals surface area contributed by atoms with Crippen molar-refractivity contribution in [1.82, 2.24) is 9.88 Å². The highest BCUT2D eigenvalue weighted by atomic mass is 32.1. The first kappa shape index (κ1) is 21.2. The number of aromatic nitrogens is 1. The van der Waals surface area contributed by atoms with E-state index in [1.807, 2.05) is 5.38 Å². The average molecular weight is 456 g/mol. The van der Waals surface area contributed by atoms with Gasteiger partial charge in [-0.1, -0.05) is 19.3 Å². The Morgan fingerprint density at radius 1 is 1.00 bits per heavy atom. The third kappa shape index (κ3) is 4.60. The molecule has 1 N–H and O–H groups in total. The number of thiazole rings is 1. The highest BCUT2D eigenvalue weighted by Crippen LogP contribution is 2.34. The molecule has 0 radical (unpaired) electrons. The lowest BCUT2D eigenvalue weighted by atomic mass is 9.87. The van der Waals surface area contributed by atoms with Crippen molar-refractivity contribution >= 4 is 28.8 Å². The van der Waals surface area contributed by atoms with Crippen molar-refractivity contribution in [2.45, 2.75) is 50.9 Å². The maximum absolute atomic E-state index is 12.8. The lowest BCUT2D eigenvalue weighted by molar-refractivity contribution is -0.137. The molecule has 1 aromatic heterocycles. The molecule has 0 atom stereocenters. The van der Waals surface area contributed by atoms with Crippen LogP contribution in [-0.4, -0.2) is 48.0 Å². The zero-order valence-electron chi connectivity index (χ0n) is 18.2. The van der Waals surface area contributed by atoms with Crippen LogP contribution in [0.3, 0.4) is 0 Å². The summed E-state index contributed by atoms with van der Waals surface area (Å²) >= 11 is 1.54. The summed E-state index contributed by atoms with van der Waals surface area (Å²) in [7, 11) is 0. The van der Waals surface area contributed by atoms with Gasteiger partial charge in [0.25, 0.3) is 5.91 Å². The molecule has 2 amide bonds. The van der Waals surface area contributed by atoms with Gasteiger partial charge < -0.3 is 19.7 Å². The van der Waals surface area contributed by atoms with Crippen LogP contribution in [0.15, 0.2) is 23.6 Å². The quantitative estimate of drug-likeness (QED) is 0.737. The summed E-state index contributed by atoms with van der Waals surface area (Å²) in [6, 6.07) is 5.38. The van der Waals surface area contributed by atoms with E-state index < -0.39 is 0 Å². The second-order valence-electron chi connectivity index (χ2n) is 8.82. The predicted molar refractivity (Wildman–Crippen MR) is 123 cm³/mol. The Hall–Kier alpha value is -2.61. The van der Waals surface area contributed by atoms with Crippen LogP contribution in [0.5, 0.6) is 11.5 Å². The SMILES string of the molecule is O=C(Nc1ccc2c(c1)OCCO2)c1csc(C2CCN(C(=O)C3CCCCC3)CC2)n1. The number of anilines is 1. The molecule has 0 bridgehead atoms. The van der Waals surface area contributed by atoms with Gasteiger partial charge in [-0.3, -0.25) is 9.59 Å². The number of nitrogens with one attached hydrogen (secondary N) is 1. The van der Waals surface area contributed by atoms with E-state index in [0.717, 1.165) is 43.8 Å². The monoisotopic (exact) mass is 455 g/mol. The van der Waals surface area contributed by atoms with Gasteiger partial charge in [-0.25, -0.2) is 4.98 Å². The summed E-state index contributed by atoms with van der Waals surface area (Å²) in [5, 5.41) is 5.71. The van der Waals surface area contributed by atoms with E-state index in [1.165, 1.54) is 30.6 Å². The van der Waals surface area contributed by atoms with Gasteiger partial charge in [0.2, 0.25) is 5.91 Å². The van der Waals surface area contributed by atoms with Gasteiger partial charge >= 0.3 is 0 Å². The topological polar surface area (TPSA) is 80.8 Å². The van der Waals surface area contributed by atoms with Crippen molar-refractivity contribution in [3.05, 3.63) is 34.3 Å². The number of carbonyl (C=O) groups is 2. The molecule has 170 valence electrons. The first-order valence-electron chi connectivity index (χ1n) is 11.6. The molecule has 2 fully saturated rings. The van der Waals surface area contributed by atoms with Gasteiger partial charge in [-0.15, -0.1) is 11.3 Å². The smallest absolute Gasteiger partial charge is 0.275 e. The van der Waals surface area contributed by atoms with Gasteiger partial charge in [0.15, 0.2) is 11.5 Å². The standard InChI is InChI=1S/C24H29N3O4S/c28-22(25-18-6-7-20-21(14-18)31-13-12-30-20)19-15-32-23(26-19)16-8-10-27(11-9-16)24(29)17-4-2-1-3-5-17/h6-7,14-17H,1-5,8-13H2,(H,25,28). The number of nitrogens with zero attached hydrogens (tertiary/aromatic N) is 2. The van der Waals surface area contributed by atoms with E-state index in [2.05, 4.69) is 15.2 Å². The van der Waals surface area contributed by atoms with E-state index in [9.17, 15) is 9.59 Å². The number of fused-ring (bicyclic) bond motifs is 1. The van der Waals surface area contributed by atoms with Gasteiger partial charge in [0, 0.05) is 42.1 Å². The molecule has 0 unspecified atom stereocenters. The summed E-state index contributed by atoms with van der Waals surface area (Å²) in [5.74, 6) is 2.00. The van der Waals surface area contributed by atoms with E-state index in [4.69, 9.17) is 9.47 Å². The molecule has 5 rings (SSSR count). The molecule has 1 aromatic carbocycles. The second kappa shape index (κ2) is 9.48. The normalized spacial score (nSPS) is 19.6. The number of ether oxygens (including phenoxy) is 2. The number of piperidine rings is 1. The lowest BCUT2D eigenvalue weighted by Crippen LogP contribution is -2.41. The Balaban J connectivity index is 1.16. The van der Waals surface area contributed by atoms with Gasteiger partial charge in [-0.2, -0.15) is 0 Å². The summed E-state index contributed by atoms with van der Waals surface area (Å²) < 4.78 is 11.1. The zero-order chi connectivity index (χ0) is 21.9. The van der Waals surface area contributed by atoms with E-state index in [-0.39, 0.29) is 11.8 Å². The largest absolute Gasteiger partial charge is 0.486 e. The number of hydrogen-bond donors (Lipinski definition) is 1. The first-order chi connectivity index (χ1) is 15.7. The summed E-state index contributed by atoms with van der Waals surface area (Å²) in [6.07, 6.45) is 7.55. The van der Waals surface area contributed by atoms with Crippen LogP contribution in [0.4, 0.5) is 5.69 Å². The average Bonchev–Trinajstić information content (AvgIpc) is 3.35. The Morgan fingerprint density at radius 2 is 1.75 bits per heavy atom. The third-order valence-electron chi connectivity index (χ3n) is 6.66. The number of likely N-dealkylation sites (tertiary alicyclic amines) is 1. The fourth-order valence-corrected chi connectivity index (χ4v) is 5.82. The number of rotatable bonds is 4. The van der Waals surface area contributed by atoms with E-state index >= 15 is 0 Å². The Kier molecular flexibility index (Phi) is 6.30. The van der Waals surface area contributed by atoms with Gasteiger partial charge in [0.1, 0.15) is 18.9 Å². The summed E-state index contributed by atoms with van der Waals surface area (Å²) in [6.45, 7) is 2.62. The zero-order valence-corrected chi connectivity index (χ0v) is 19.0. The van der Waals surface area contributed by atoms with Crippen LogP contribution >= 0.6 is 11.3 Å². The highest BCUT2D eigenvalue weighted by Gasteiger charge is 2.30. The van der Waals surface area contributed by atoms with Crippen LogP contribution < -0.4 is 14.8 Å². The number of carbonyl (C=O) groups excluding carboxylic acids is 2. The Labute approximate surface area is 192 Å². The Bertz CT molecular complexity index is 977. The summed E-state index contributed by atoms with van der Waals surface area (Å²) in [4.78, 5) is 32.2. The molecule has 3 aliphatic rings. The van der Waals surface area contributed by atoms with Crippen LogP contribution in [0.2, 0.25) is 0 Å².